The molecule has 1 atom stereocenters. The molecule has 92 valence electrons. The number of piperidine rings is 1. The third-order valence-corrected chi connectivity index (χ3v) is 3.49. The predicted octanol–water partition coefficient (Wildman–Crippen LogP) is -0.284. The maximum atomic E-state index is 11.3. The molecule has 2 aliphatic heterocycles. The molecule has 0 aliphatic carbocycles. The molecule has 2 N–H and O–H groups in total. The summed E-state index contributed by atoms with van der Waals surface area (Å²) in [5.74, 6) is 0.432. The lowest BCUT2D eigenvalue weighted by molar-refractivity contribution is 0.114. The van der Waals surface area contributed by atoms with Gasteiger partial charge in [0.1, 0.15) is 0 Å². The standard InChI is InChI=1S/C11H21N3O2/c15-9-10-2-1-4-13(8-10)6-7-14-5-3-12-11(14)16/h10,15H,1-9H2,(H,12,16). The van der Waals surface area contributed by atoms with E-state index in [1.54, 1.807) is 0 Å². The quantitative estimate of drug-likeness (QED) is 0.694. The van der Waals surface area contributed by atoms with Crippen molar-refractivity contribution in [2.45, 2.75) is 12.8 Å². The Hall–Kier alpha value is -0.810. The van der Waals surface area contributed by atoms with Gasteiger partial charge in [0.05, 0.1) is 0 Å². The molecule has 5 heteroatoms. The highest BCUT2D eigenvalue weighted by Crippen LogP contribution is 2.15. The van der Waals surface area contributed by atoms with Crippen molar-refractivity contribution in [3.63, 3.8) is 0 Å². The Morgan fingerprint density at radius 3 is 2.94 bits per heavy atom. The smallest absolute Gasteiger partial charge is 0.317 e. The van der Waals surface area contributed by atoms with Gasteiger partial charge in [-0.2, -0.15) is 0 Å². The van der Waals surface area contributed by atoms with Gasteiger partial charge in [-0.25, -0.2) is 4.79 Å². The van der Waals surface area contributed by atoms with Crippen molar-refractivity contribution in [2.24, 2.45) is 5.92 Å². The van der Waals surface area contributed by atoms with Gasteiger partial charge in [0.15, 0.2) is 0 Å². The second kappa shape index (κ2) is 5.50. The van der Waals surface area contributed by atoms with E-state index in [1.807, 2.05) is 4.90 Å². The lowest BCUT2D eigenvalue weighted by Gasteiger charge is -2.32. The molecule has 0 aromatic rings. The minimum atomic E-state index is 0.0655. The average Bonchev–Trinajstić information content (AvgIpc) is 2.72. The first-order chi connectivity index (χ1) is 7.79. The number of nitrogens with one attached hydrogen (secondary N) is 1. The second-order valence-electron chi connectivity index (χ2n) is 4.71. The Labute approximate surface area is 96.4 Å². The fourth-order valence-electron chi connectivity index (χ4n) is 2.49. The molecular weight excluding hydrogens is 206 g/mol. The zero-order valence-electron chi connectivity index (χ0n) is 9.69. The molecule has 2 amide bonds. The highest BCUT2D eigenvalue weighted by Gasteiger charge is 2.22. The Morgan fingerprint density at radius 1 is 1.38 bits per heavy atom. The van der Waals surface area contributed by atoms with Crippen molar-refractivity contribution >= 4 is 6.03 Å². The zero-order chi connectivity index (χ0) is 11.4. The van der Waals surface area contributed by atoms with Gasteiger partial charge in [-0.3, -0.25) is 0 Å². The van der Waals surface area contributed by atoms with E-state index < -0.39 is 0 Å². The number of aliphatic hydroxyl groups is 1. The van der Waals surface area contributed by atoms with Gasteiger partial charge in [-0.15, -0.1) is 0 Å². The summed E-state index contributed by atoms with van der Waals surface area (Å²) >= 11 is 0. The third kappa shape index (κ3) is 2.86. The van der Waals surface area contributed by atoms with Crippen molar-refractivity contribution in [1.29, 1.82) is 0 Å². The Kier molecular flexibility index (Phi) is 4.01. The van der Waals surface area contributed by atoms with Gasteiger partial charge in [0.25, 0.3) is 0 Å². The first-order valence-corrected chi connectivity index (χ1v) is 6.15. The summed E-state index contributed by atoms with van der Waals surface area (Å²) in [6.07, 6.45) is 2.30. The lowest BCUT2D eigenvalue weighted by atomic mass is 9.99. The van der Waals surface area contributed by atoms with Gasteiger partial charge < -0.3 is 20.2 Å². The summed E-state index contributed by atoms with van der Waals surface area (Å²) < 4.78 is 0. The zero-order valence-corrected chi connectivity index (χ0v) is 9.69. The van der Waals surface area contributed by atoms with E-state index in [0.29, 0.717) is 12.5 Å². The molecule has 16 heavy (non-hydrogen) atoms. The van der Waals surface area contributed by atoms with Gasteiger partial charge in [-0.05, 0) is 25.3 Å². The van der Waals surface area contributed by atoms with Crippen LogP contribution in [0.5, 0.6) is 0 Å². The van der Waals surface area contributed by atoms with E-state index in [-0.39, 0.29) is 6.03 Å². The van der Waals surface area contributed by atoms with Crippen molar-refractivity contribution in [3.8, 4) is 0 Å². The van der Waals surface area contributed by atoms with E-state index in [2.05, 4.69) is 10.2 Å². The van der Waals surface area contributed by atoms with Crippen LogP contribution in [0.15, 0.2) is 0 Å². The molecule has 2 heterocycles. The summed E-state index contributed by atoms with van der Waals surface area (Å²) in [5, 5.41) is 11.9. The number of hydrogen-bond acceptors (Lipinski definition) is 3. The monoisotopic (exact) mass is 227 g/mol. The first kappa shape index (κ1) is 11.7. The number of likely N-dealkylation sites (tertiary alicyclic amines) is 1. The molecular formula is C11H21N3O2. The Morgan fingerprint density at radius 2 is 2.25 bits per heavy atom. The number of amides is 2. The Balaban J connectivity index is 1.70. The van der Waals surface area contributed by atoms with Crippen LogP contribution in [0.1, 0.15) is 12.8 Å². The van der Waals surface area contributed by atoms with Crippen molar-refractivity contribution in [3.05, 3.63) is 0 Å². The van der Waals surface area contributed by atoms with Gasteiger partial charge >= 0.3 is 6.03 Å². The molecule has 0 bridgehead atoms. The molecule has 0 aromatic heterocycles. The third-order valence-electron chi connectivity index (χ3n) is 3.49. The van der Waals surface area contributed by atoms with Crippen LogP contribution in [0.3, 0.4) is 0 Å². The molecule has 0 radical (unpaired) electrons. The van der Waals surface area contributed by atoms with Gasteiger partial charge in [0, 0.05) is 39.3 Å². The van der Waals surface area contributed by atoms with E-state index in [9.17, 15) is 4.79 Å². The molecule has 2 rings (SSSR count). The summed E-state index contributed by atoms with van der Waals surface area (Å²) in [6.45, 7) is 5.72. The number of urea groups is 1. The molecule has 0 spiro atoms. The minimum Gasteiger partial charge on any atom is -0.396 e. The summed E-state index contributed by atoms with van der Waals surface area (Å²) in [6, 6.07) is 0.0655. The number of hydrogen-bond donors (Lipinski definition) is 2. The van der Waals surface area contributed by atoms with E-state index in [0.717, 1.165) is 52.1 Å². The molecule has 2 saturated heterocycles. The predicted molar refractivity (Wildman–Crippen MR) is 61.2 cm³/mol. The number of carbonyl (C=O) groups excluding carboxylic acids is 1. The van der Waals surface area contributed by atoms with E-state index in [4.69, 9.17) is 5.11 Å². The van der Waals surface area contributed by atoms with Gasteiger partial charge in [-0.1, -0.05) is 0 Å². The molecule has 1 unspecified atom stereocenters. The van der Waals surface area contributed by atoms with Crippen LogP contribution in [0.25, 0.3) is 0 Å². The van der Waals surface area contributed by atoms with Crippen LogP contribution in [-0.2, 0) is 0 Å². The highest BCUT2D eigenvalue weighted by atomic mass is 16.3. The molecule has 2 aliphatic rings. The van der Waals surface area contributed by atoms with E-state index >= 15 is 0 Å². The normalized spacial score (nSPS) is 27.2. The fraction of sp³-hybridized carbons (Fsp3) is 0.909. The molecule has 5 nitrogen and oxygen atoms in total. The van der Waals surface area contributed by atoms with Crippen LogP contribution in [0.2, 0.25) is 0 Å². The van der Waals surface area contributed by atoms with E-state index in [1.165, 1.54) is 0 Å². The van der Waals surface area contributed by atoms with Crippen molar-refractivity contribution in [2.75, 3.05) is 45.9 Å². The highest BCUT2D eigenvalue weighted by molar-refractivity contribution is 5.76. The lowest BCUT2D eigenvalue weighted by Crippen LogP contribution is -2.42. The average molecular weight is 227 g/mol. The van der Waals surface area contributed by atoms with Crippen LogP contribution in [0, 0.1) is 5.92 Å². The van der Waals surface area contributed by atoms with Crippen molar-refractivity contribution < 1.29 is 9.90 Å². The number of rotatable bonds is 4. The molecule has 2 fully saturated rings. The Bertz CT molecular complexity index is 247. The summed E-state index contributed by atoms with van der Waals surface area (Å²) in [5.41, 5.74) is 0. The topological polar surface area (TPSA) is 55.8 Å². The van der Waals surface area contributed by atoms with Gasteiger partial charge in [0.2, 0.25) is 0 Å². The second-order valence-corrected chi connectivity index (χ2v) is 4.71. The number of nitrogens with zero attached hydrogens (tertiary/aromatic N) is 2. The first-order valence-electron chi connectivity index (χ1n) is 6.15. The fourth-order valence-corrected chi connectivity index (χ4v) is 2.49. The van der Waals surface area contributed by atoms with Crippen LogP contribution >= 0.6 is 0 Å². The van der Waals surface area contributed by atoms with Crippen LogP contribution in [0.4, 0.5) is 4.79 Å². The number of aliphatic hydroxyl groups excluding tert-OH is 1. The number of carbonyl (C=O) groups is 1. The maximum Gasteiger partial charge on any atom is 0.317 e. The van der Waals surface area contributed by atoms with Crippen LogP contribution < -0.4 is 5.32 Å². The molecule has 0 saturated carbocycles. The van der Waals surface area contributed by atoms with Crippen LogP contribution in [-0.4, -0.2) is 66.8 Å². The molecule has 0 aromatic carbocycles. The minimum absolute atomic E-state index is 0.0655. The summed E-state index contributed by atoms with van der Waals surface area (Å²) in [7, 11) is 0. The maximum absolute atomic E-state index is 11.3. The van der Waals surface area contributed by atoms with Crippen molar-refractivity contribution in [1.82, 2.24) is 15.1 Å². The largest absolute Gasteiger partial charge is 0.396 e. The summed E-state index contributed by atoms with van der Waals surface area (Å²) in [4.78, 5) is 15.5. The SMILES string of the molecule is O=C1NCCN1CCN1CCCC(CO)C1.